The first-order valence-electron chi connectivity index (χ1n) is 31.0. The van der Waals surface area contributed by atoms with Gasteiger partial charge in [0, 0.05) is 22.5 Å². The predicted octanol–water partition coefficient (Wildman–Crippen LogP) is 11.0. The zero-order chi connectivity index (χ0) is 70.4. The highest BCUT2D eigenvalue weighted by Crippen LogP contribution is 2.33. The van der Waals surface area contributed by atoms with Gasteiger partial charge in [0.15, 0.2) is 12.2 Å². The fourth-order valence-electron chi connectivity index (χ4n) is 8.45. The van der Waals surface area contributed by atoms with Crippen molar-refractivity contribution in [2.24, 2.45) is 10.8 Å². The number of carbonyl (C=O) groups is 2. The van der Waals surface area contributed by atoms with Crippen molar-refractivity contribution in [1.82, 2.24) is 0 Å². The molecule has 6 aromatic carbocycles. The number of benzene rings is 6. The van der Waals surface area contributed by atoms with Crippen LogP contribution in [0.25, 0.3) is 0 Å². The number of phenols is 6. The summed E-state index contributed by atoms with van der Waals surface area (Å²) >= 11 is 0. The second-order valence-electron chi connectivity index (χ2n) is 23.0. The molecule has 4 aliphatic heterocycles. The summed E-state index contributed by atoms with van der Waals surface area (Å²) < 4.78 is 52.1. The van der Waals surface area contributed by atoms with Gasteiger partial charge in [-0.1, -0.05) is 99.8 Å². The first-order valence-corrected chi connectivity index (χ1v) is 31.0. The van der Waals surface area contributed by atoms with E-state index < -0.39 is 36.4 Å². The zero-order valence-electron chi connectivity index (χ0n) is 54.5. The summed E-state index contributed by atoms with van der Waals surface area (Å²) in [5.74, 6) is -0.0133. The van der Waals surface area contributed by atoms with Crippen molar-refractivity contribution in [1.29, 1.82) is 0 Å². The lowest BCUT2D eigenvalue weighted by Gasteiger charge is -2.40. The first kappa shape index (κ1) is 79.6. The molecule has 6 atom stereocenters. The van der Waals surface area contributed by atoms with Crippen LogP contribution in [0.5, 0.6) is 34.5 Å². The van der Waals surface area contributed by atoms with Gasteiger partial charge >= 0.3 is 11.9 Å². The molecule has 0 radical (unpaired) electrons. The molecule has 6 aromatic rings. The lowest BCUT2D eigenvalue weighted by molar-refractivity contribution is -0.293. The van der Waals surface area contributed by atoms with E-state index in [-0.39, 0.29) is 77.7 Å². The molecule has 0 amide bonds. The molecule has 10 N–H and O–H groups in total. The first-order chi connectivity index (χ1) is 46.8. The average Bonchev–Trinajstić information content (AvgIpc) is 1.37. The van der Waals surface area contributed by atoms with Crippen molar-refractivity contribution in [3.8, 4) is 34.5 Å². The summed E-state index contributed by atoms with van der Waals surface area (Å²) in [6, 6.07) is 39.1. The molecule has 26 heteroatoms. The highest BCUT2D eigenvalue weighted by atomic mass is 17.1. The molecule has 10 rings (SSSR count). The van der Waals surface area contributed by atoms with E-state index in [2.05, 4.69) is 46.6 Å². The summed E-state index contributed by atoms with van der Waals surface area (Å²) in [6.45, 7) is 21.1. The highest BCUT2D eigenvalue weighted by molar-refractivity contribution is 5.87. The normalized spacial score (nSPS) is 16.8. The van der Waals surface area contributed by atoms with Crippen molar-refractivity contribution < 1.29 is 128 Å². The van der Waals surface area contributed by atoms with Gasteiger partial charge < -0.3 is 78.0 Å². The largest absolute Gasteiger partial charge is 0.508 e. The Hall–Kier alpha value is -8.10. The van der Waals surface area contributed by atoms with Gasteiger partial charge in [0.25, 0.3) is 0 Å². The van der Waals surface area contributed by atoms with Crippen molar-refractivity contribution in [2.75, 3.05) is 92.5 Å². The van der Waals surface area contributed by atoms with E-state index in [9.17, 15) is 14.7 Å². The number of hydrogen-bond acceptors (Lipinski definition) is 26. The smallest absolute Gasteiger partial charge is 0.333 e. The maximum atomic E-state index is 11.1. The Balaban J connectivity index is 0.000000211. The SMILES string of the molecule is C=C(C)C(=O)OCC(OO)c1ccc(O)cc1.C=CC(=O)OCC(OO)c1ccc(O)cc1.CCC1(COCC(OO)c2ccc(O)cc2)COC1.CCC1(COCc2ccc(O)cc2)COC1.OOC(COCC1CO1)c1ccc(O)cc1.Oc1ccc(COCC2CO2)cc1. The van der Waals surface area contributed by atoms with Crippen LogP contribution in [-0.2, 0) is 89.7 Å². The minimum atomic E-state index is -0.793. The van der Waals surface area contributed by atoms with E-state index in [4.69, 9.17) is 93.9 Å². The van der Waals surface area contributed by atoms with Crippen molar-refractivity contribution >= 4 is 11.9 Å². The molecule has 0 spiro atoms. The van der Waals surface area contributed by atoms with E-state index in [0.29, 0.717) is 56.0 Å². The molecule has 26 nitrogen and oxygen atoms in total. The lowest BCUT2D eigenvalue weighted by atomic mass is 9.84. The minimum Gasteiger partial charge on any atom is -0.508 e. The Kier molecular flexibility index (Phi) is 35.5. The van der Waals surface area contributed by atoms with E-state index >= 15 is 0 Å². The number of hydrogen-bond donors (Lipinski definition) is 10. The highest BCUT2D eigenvalue weighted by Gasteiger charge is 2.38. The maximum absolute atomic E-state index is 11.1. The number of phenolic OH excluding ortho intramolecular Hbond substituents is 6. The number of ether oxygens (including phenoxy) is 10. The van der Waals surface area contributed by atoms with Crippen LogP contribution in [-0.4, -0.2) is 168 Å². The third-order valence-electron chi connectivity index (χ3n) is 15.1. The Morgan fingerprint density at radius 3 is 1.06 bits per heavy atom. The van der Waals surface area contributed by atoms with Gasteiger partial charge in [-0.05, 0) is 126 Å². The molecule has 97 heavy (non-hydrogen) atoms. The lowest BCUT2D eigenvalue weighted by Crippen LogP contribution is -2.46. The fraction of sp³-hybridized carbons (Fsp3) is 0.408. The number of esters is 2. The minimum absolute atomic E-state index is 0.100. The zero-order valence-corrected chi connectivity index (χ0v) is 54.5. The number of carbonyl (C=O) groups excluding carboxylic acids is 2. The second kappa shape index (κ2) is 43.2. The molecule has 0 aromatic heterocycles. The third-order valence-corrected chi connectivity index (χ3v) is 15.1. The van der Waals surface area contributed by atoms with Gasteiger partial charge in [-0.15, -0.1) is 0 Å². The van der Waals surface area contributed by atoms with Crippen LogP contribution in [0, 0.1) is 10.8 Å². The van der Waals surface area contributed by atoms with Crippen LogP contribution >= 0.6 is 0 Å². The monoisotopic (exact) mass is 1360 g/mol. The van der Waals surface area contributed by atoms with Crippen molar-refractivity contribution in [3.63, 3.8) is 0 Å². The molecular formula is C71H90O26. The summed E-state index contributed by atoms with van der Waals surface area (Å²) in [5.41, 5.74) is 5.46. The van der Waals surface area contributed by atoms with E-state index in [1.165, 1.54) is 43.3 Å². The third kappa shape index (κ3) is 30.5. The molecular weight excluding hydrogens is 1270 g/mol. The summed E-state index contributed by atoms with van der Waals surface area (Å²) in [6.07, 6.45) is 0.972. The van der Waals surface area contributed by atoms with E-state index in [1.807, 2.05) is 24.3 Å². The van der Waals surface area contributed by atoms with Crippen LogP contribution in [0.2, 0.25) is 0 Å². The van der Waals surface area contributed by atoms with Gasteiger partial charge in [-0.25, -0.2) is 29.1 Å². The Bertz CT molecular complexity index is 3140. The molecule has 4 aliphatic rings. The topological polar surface area (TPSA) is 372 Å². The Morgan fingerprint density at radius 1 is 0.464 bits per heavy atom. The Labute approximate surface area is 563 Å². The number of epoxide rings is 2. The summed E-state index contributed by atoms with van der Waals surface area (Å²) in [7, 11) is 0. The fourth-order valence-corrected chi connectivity index (χ4v) is 8.45. The molecule has 530 valence electrons. The average molecular weight is 1360 g/mol. The second-order valence-corrected chi connectivity index (χ2v) is 23.0. The van der Waals surface area contributed by atoms with Gasteiger partial charge in [0.05, 0.1) is 92.5 Å². The van der Waals surface area contributed by atoms with Crippen LogP contribution < -0.4 is 0 Å². The van der Waals surface area contributed by atoms with Crippen molar-refractivity contribution in [2.45, 2.75) is 83.5 Å². The van der Waals surface area contributed by atoms with Crippen LogP contribution in [0.4, 0.5) is 0 Å². The summed E-state index contributed by atoms with van der Waals surface area (Å²) in [4.78, 5) is 39.1. The van der Waals surface area contributed by atoms with Gasteiger partial charge in [0.1, 0.15) is 72.1 Å². The van der Waals surface area contributed by atoms with E-state index in [1.54, 1.807) is 84.9 Å². The maximum Gasteiger partial charge on any atom is 0.333 e. The molecule has 4 fully saturated rings. The Morgan fingerprint density at radius 2 is 0.763 bits per heavy atom. The molecule has 4 saturated heterocycles. The predicted molar refractivity (Wildman–Crippen MR) is 349 cm³/mol. The molecule has 0 saturated carbocycles. The number of aromatic hydroxyl groups is 6. The van der Waals surface area contributed by atoms with Crippen LogP contribution in [0.3, 0.4) is 0 Å². The van der Waals surface area contributed by atoms with Gasteiger partial charge in [-0.2, -0.15) is 0 Å². The van der Waals surface area contributed by atoms with Crippen LogP contribution in [0.15, 0.2) is 170 Å². The molecule has 4 heterocycles. The van der Waals surface area contributed by atoms with Crippen LogP contribution in [0.1, 0.15) is 91.4 Å². The quantitative estimate of drug-likeness (QED) is 0.00616. The molecule has 0 bridgehead atoms. The standard InChI is InChI=1S/C14H20O5.C13H18O3.C12H14O5.C11H14O5.C11H12O5.C10H12O3/c1-2-14(9-18-10-14)8-17-7-13(19-16)11-3-5-12(15)6-4-11;1-2-13(9-16-10-13)8-15-7-11-3-5-12(14)6-4-11;1-8(2)12(14)16-7-11(17-15)9-3-5-10(13)6-4-9;12-9-3-1-8(2-4-9)11(16-13)7-14-5-10-6-15-10;1-2-11(13)15-7-10(16-14)8-3-5-9(12)6-4-8;11-9-3-1-8(2-4-9)5-12-6-10-7-13-10/h3-6,13,15-16H,2,7-10H2,1H3;3-6,14H,2,7-10H2,1H3;3-6,11,13,15H,1,7H2,2H3;1-4,10-13H,5-7H2;2-6,10,12,14H,1,7H2;1-4,10-11H,5-7H2. The molecule has 0 aliphatic carbocycles. The van der Waals surface area contributed by atoms with Crippen molar-refractivity contribution in [3.05, 3.63) is 204 Å². The molecule has 6 unspecified atom stereocenters. The van der Waals surface area contributed by atoms with Gasteiger partial charge in [-0.3, -0.25) is 21.0 Å². The number of rotatable bonds is 32. The van der Waals surface area contributed by atoms with Gasteiger partial charge in [0.2, 0.25) is 0 Å². The van der Waals surface area contributed by atoms with E-state index in [0.717, 1.165) is 87.4 Å². The summed E-state index contributed by atoms with van der Waals surface area (Å²) in [5, 5.41) is 89.7.